The van der Waals surface area contributed by atoms with Crippen LogP contribution in [0.3, 0.4) is 0 Å². The Kier molecular flexibility index (Phi) is 17.4. The number of nitriles is 2. The molecule has 1 saturated heterocycles. The highest BCUT2D eigenvalue weighted by Gasteiger charge is 2.51. The molecular weight excluding hydrogens is 810 g/mol. The summed E-state index contributed by atoms with van der Waals surface area (Å²) in [6.07, 6.45) is 0.413. The molecular formula is C47H60N5O9P. The number of ether oxygens (including phenoxy) is 6. The number of hydrogen-bond acceptors (Lipinski definition) is 13. The summed E-state index contributed by atoms with van der Waals surface area (Å²) >= 11 is 0. The van der Waals surface area contributed by atoms with E-state index in [0.717, 1.165) is 16.7 Å². The van der Waals surface area contributed by atoms with E-state index >= 15 is 0 Å². The first-order valence-electron chi connectivity index (χ1n) is 20.8. The van der Waals surface area contributed by atoms with E-state index in [-0.39, 0.29) is 57.4 Å². The van der Waals surface area contributed by atoms with Gasteiger partial charge in [0.05, 0.1) is 76.5 Å². The lowest BCUT2D eigenvalue weighted by Crippen LogP contribution is -2.43. The molecule has 5 rings (SSSR count). The highest BCUT2D eigenvalue weighted by molar-refractivity contribution is 7.44. The zero-order valence-corrected chi connectivity index (χ0v) is 38.1. The SMILES string of the molecule is COc1ccc(C(OC[C@H]2O[C@@H](c3cn(COC(=O)C(C)(C)C)cn3)[C@H](OCCC#N)[C@@H]2OP(OCCC#N)N(C(C)C)C(C)C)(c2ccccc2)c2ccc(OC)cc2)cc1. The quantitative estimate of drug-likeness (QED) is 0.0319. The van der Waals surface area contributed by atoms with Crippen LogP contribution < -0.4 is 9.47 Å². The monoisotopic (exact) mass is 869 g/mol. The molecule has 1 aromatic heterocycles. The van der Waals surface area contributed by atoms with E-state index in [1.54, 1.807) is 52.1 Å². The number of esters is 1. The Labute approximate surface area is 367 Å². The third-order valence-electron chi connectivity index (χ3n) is 10.2. The van der Waals surface area contributed by atoms with Gasteiger partial charge in [0.15, 0.2) is 6.73 Å². The fourth-order valence-corrected chi connectivity index (χ4v) is 9.04. The lowest BCUT2D eigenvalue weighted by atomic mass is 9.80. The summed E-state index contributed by atoms with van der Waals surface area (Å²) in [6.45, 7) is 13.8. The maximum atomic E-state index is 12.7. The molecule has 14 nitrogen and oxygen atoms in total. The van der Waals surface area contributed by atoms with Crippen LogP contribution in [-0.2, 0) is 45.1 Å². The zero-order valence-electron chi connectivity index (χ0n) is 37.2. The lowest BCUT2D eigenvalue weighted by molar-refractivity contribution is -0.156. The first-order valence-corrected chi connectivity index (χ1v) is 22.0. The second-order valence-corrected chi connectivity index (χ2v) is 17.8. The minimum absolute atomic E-state index is 0.0105. The van der Waals surface area contributed by atoms with Gasteiger partial charge in [0, 0.05) is 18.3 Å². The predicted molar refractivity (Wildman–Crippen MR) is 234 cm³/mol. The fraction of sp³-hybridized carbons (Fsp3) is 0.489. The molecule has 1 unspecified atom stereocenters. The van der Waals surface area contributed by atoms with Gasteiger partial charge in [-0.1, -0.05) is 54.6 Å². The Hall–Kier alpha value is -4.89. The maximum absolute atomic E-state index is 12.7. The largest absolute Gasteiger partial charge is 0.497 e. The van der Waals surface area contributed by atoms with E-state index in [2.05, 4.69) is 44.5 Å². The van der Waals surface area contributed by atoms with Crippen molar-refractivity contribution >= 4 is 14.5 Å². The smallest absolute Gasteiger partial charge is 0.312 e. The number of carbonyl (C=O) groups excluding carboxylic acids is 1. The summed E-state index contributed by atoms with van der Waals surface area (Å²) in [5.41, 5.74) is 1.17. The van der Waals surface area contributed by atoms with Gasteiger partial charge in [-0.2, -0.15) is 10.5 Å². The normalized spacial score (nSPS) is 18.4. The van der Waals surface area contributed by atoms with Crippen molar-refractivity contribution in [3.63, 3.8) is 0 Å². The van der Waals surface area contributed by atoms with Crippen molar-refractivity contribution in [2.45, 2.75) is 110 Å². The van der Waals surface area contributed by atoms with E-state index in [1.807, 2.05) is 78.9 Å². The van der Waals surface area contributed by atoms with Crippen LogP contribution in [0.2, 0.25) is 0 Å². The van der Waals surface area contributed by atoms with Gasteiger partial charge in [0.1, 0.15) is 41.5 Å². The molecule has 1 aliphatic heterocycles. The van der Waals surface area contributed by atoms with Gasteiger partial charge in [-0.3, -0.25) is 4.79 Å². The molecule has 0 bridgehead atoms. The highest BCUT2D eigenvalue weighted by Crippen LogP contribution is 2.52. The first kappa shape index (κ1) is 48.1. The third kappa shape index (κ3) is 11.8. The Morgan fingerprint density at radius 3 is 1.94 bits per heavy atom. The molecule has 1 aliphatic rings. The van der Waals surface area contributed by atoms with Crippen molar-refractivity contribution in [1.82, 2.24) is 14.2 Å². The number of methoxy groups -OCH3 is 2. The number of aromatic nitrogens is 2. The van der Waals surface area contributed by atoms with Gasteiger partial charge >= 0.3 is 5.97 Å². The van der Waals surface area contributed by atoms with Crippen LogP contribution in [-0.4, -0.2) is 84.6 Å². The molecule has 0 N–H and O–H groups in total. The fourth-order valence-electron chi connectivity index (χ4n) is 7.27. The second-order valence-electron chi connectivity index (χ2n) is 16.4. The average molecular weight is 870 g/mol. The van der Waals surface area contributed by atoms with Crippen molar-refractivity contribution in [1.29, 1.82) is 10.5 Å². The number of benzene rings is 3. The summed E-state index contributed by atoms with van der Waals surface area (Å²) in [7, 11) is 1.46. The van der Waals surface area contributed by atoms with Gasteiger partial charge in [-0.15, -0.1) is 0 Å². The van der Waals surface area contributed by atoms with E-state index in [1.165, 1.54) is 0 Å². The molecule has 3 aromatic carbocycles. The van der Waals surface area contributed by atoms with Crippen molar-refractivity contribution < 1.29 is 42.3 Å². The minimum Gasteiger partial charge on any atom is -0.497 e. The van der Waals surface area contributed by atoms with Crippen LogP contribution in [0.15, 0.2) is 91.4 Å². The second kappa shape index (κ2) is 22.5. The van der Waals surface area contributed by atoms with E-state index in [0.29, 0.717) is 17.2 Å². The van der Waals surface area contributed by atoms with E-state index in [9.17, 15) is 15.3 Å². The summed E-state index contributed by atoms with van der Waals surface area (Å²) in [5, 5.41) is 19.1. The van der Waals surface area contributed by atoms with Gasteiger partial charge in [-0.05, 0) is 89.4 Å². The summed E-state index contributed by atoms with van der Waals surface area (Å²) in [5.74, 6) is 1.03. The van der Waals surface area contributed by atoms with Crippen molar-refractivity contribution in [3.8, 4) is 23.6 Å². The van der Waals surface area contributed by atoms with Crippen molar-refractivity contribution in [3.05, 3.63) is 114 Å². The first-order chi connectivity index (χ1) is 29.8. The zero-order chi connectivity index (χ0) is 44.9. The van der Waals surface area contributed by atoms with Gasteiger partial charge in [0.2, 0.25) is 0 Å². The Morgan fingerprint density at radius 2 is 1.40 bits per heavy atom. The van der Waals surface area contributed by atoms with Crippen LogP contribution in [0, 0.1) is 28.1 Å². The molecule has 0 radical (unpaired) electrons. The average Bonchev–Trinajstić information content (AvgIpc) is 3.87. The van der Waals surface area contributed by atoms with Gasteiger partial charge in [0.25, 0.3) is 8.53 Å². The highest BCUT2D eigenvalue weighted by atomic mass is 31.2. The molecule has 0 saturated carbocycles. The maximum Gasteiger partial charge on any atom is 0.312 e. The lowest BCUT2D eigenvalue weighted by Gasteiger charge is -2.39. The van der Waals surface area contributed by atoms with E-state index < -0.39 is 44.0 Å². The molecule has 15 heteroatoms. The number of carbonyl (C=O) groups is 1. The third-order valence-corrected chi connectivity index (χ3v) is 12.4. The topological polar surface area (TPSA) is 160 Å². The molecule has 0 spiro atoms. The van der Waals surface area contributed by atoms with Crippen LogP contribution in [0.1, 0.15) is 89.8 Å². The minimum atomic E-state index is -1.80. The van der Waals surface area contributed by atoms with Gasteiger partial charge in [-0.25, -0.2) is 9.65 Å². The molecule has 1 fully saturated rings. The molecule has 62 heavy (non-hydrogen) atoms. The Balaban J connectivity index is 1.64. The van der Waals surface area contributed by atoms with E-state index in [4.69, 9.17) is 42.5 Å². The summed E-state index contributed by atoms with van der Waals surface area (Å²) < 4.78 is 55.0. The molecule has 4 aromatic rings. The molecule has 2 heterocycles. The standard InChI is InChI=1S/C47H60N5O9P/c1-33(2)52(34(3)4)62(59-28-14-26-49)61-43-41(60-42(44(43)56-27-13-25-48)40-29-51(31-50-40)32-57-45(53)46(5,6)7)30-58-47(35-15-11-10-12-16-35,36-17-21-38(54-8)22-18-36)37-19-23-39(55-9)24-20-37/h10-12,15-24,29,31,33-34,41-44H,13-14,27-28,30,32H2,1-9H3/t41-,42+,43-,44+,62?/m1/s1. The Bertz CT molecular complexity index is 2020. The number of nitrogens with zero attached hydrogens (tertiary/aromatic N) is 5. The molecule has 0 aliphatic carbocycles. The summed E-state index contributed by atoms with van der Waals surface area (Å²) in [4.78, 5) is 17.4. The molecule has 332 valence electrons. The van der Waals surface area contributed by atoms with Crippen molar-refractivity contribution in [2.75, 3.05) is 34.0 Å². The number of hydrogen-bond donors (Lipinski definition) is 0. The van der Waals surface area contributed by atoms with Crippen molar-refractivity contribution in [2.24, 2.45) is 5.41 Å². The summed E-state index contributed by atoms with van der Waals surface area (Å²) in [6, 6.07) is 29.9. The van der Waals surface area contributed by atoms with Crippen LogP contribution in [0.4, 0.5) is 0 Å². The van der Waals surface area contributed by atoms with Crippen LogP contribution >= 0.6 is 8.53 Å². The number of rotatable bonds is 22. The van der Waals surface area contributed by atoms with Crippen LogP contribution in [0.5, 0.6) is 11.5 Å². The molecule has 0 amide bonds. The van der Waals surface area contributed by atoms with Crippen LogP contribution in [0.25, 0.3) is 0 Å². The predicted octanol–water partition coefficient (Wildman–Crippen LogP) is 8.86. The number of imidazole rings is 1. The van der Waals surface area contributed by atoms with Gasteiger partial charge < -0.3 is 42.0 Å². The Morgan fingerprint density at radius 1 is 0.839 bits per heavy atom. The molecule has 5 atom stereocenters.